The van der Waals surface area contributed by atoms with E-state index in [1.807, 2.05) is 6.92 Å². The Hall–Kier alpha value is -1.97. The van der Waals surface area contributed by atoms with E-state index in [9.17, 15) is 9.18 Å². The van der Waals surface area contributed by atoms with Gasteiger partial charge in [0, 0.05) is 25.2 Å². The van der Waals surface area contributed by atoms with Gasteiger partial charge in [-0.15, -0.1) is 0 Å². The van der Waals surface area contributed by atoms with Crippen molar-refractivity contribution in [3.8, 4) is 0 Å². The summed E-state index contributed by atoms with van der Waals surface area (Å²) in [6.07, 6.45) is 0. The van der Waals surface area contributed by atoms with Gasteiger partial charge in [-0.25, -0.2) is 4.39 Å². The number of nitrogens with zero attached hydrogens (tertiary/aromatic N) is 2. The lowest BCUT2D eigenvalue weighted by molar-refractivity contribution is 0.0829. The first-order valence-corrected chi connectivity index (χ1v) is 5.27. The summed E-state index contributed by atoms with van der Waals surface area (Å²) in [6, 6.07) is 5.96. The third-order valence-corrected chi connectivity index (χ3v) is 2.54. The van der Waals surface area contributed by atoms with Gasteiger partial charge in [-0.05, 0) is 31.2 Å². The van der Waals surface area contributed by atoms with Crippen molar-refractivity contribution >= 4 is 16.8 Å². The van der Waals surface area contributed by atoms with Crippen LogP contribution in [0.25, 0.3) is 10.9 Å². The number of amides is 1. The van der Waals surface area contributed by atoms with Gasteiger partial charge in [0.05, 0.1) is 11.1 Å². The molecule has 1 aromatic carbocycles. The van der Waals surface area contributed by atoms with Crippen LogP contribution < -0.4 is 0 Å². The smallest absolute Gasteiger partial charge is 0.254 e. The van der Waals surface area contributed by atoms with Crippen molar-refractivity contribution in [1.29, 1.82) is 0 Å². The molecule has 0 spiro atoms. The van der Waals surface area contributed by atoms with Crippen LogP contribution in [0.1, 0.15) is 16.1 Å². The number of halogens is 1. The Morgan fingerprint density at radius 1 is 1.29 bits per heavy atom. The highest BCUT2D eigenvalue weighted by Gasteiger charge is 2.14. The maximum atomic E-state index is 13.2. The van der Waals surface area contributed by atoms with E-state index in [2.05, 4.69) is 4.98 Å². The molecule has 1 aromatic heterocycles. The van der Waals surface area contributed by atoms with E-state index in [1.54, 1.807) is 26.2 Å². The number of hydrogen-bond acceptors (Lipinski definition) is 2. The molecular weight excluding hydrogens is 219 g/mol. The van der Waals surface area contributed by atoms with E-state index >= 15 is 0 Å². The molecule has 0 unspecified atom stereocenters. The van der Waals surface area contributed by atoms with Gasteiger partial charge in [-0.3, -0.25) is 9.78 Å². The minimum absolute atomic E-state index is 0.147. The lowest BCUT2D eigenvalue weighted by Gasteiger charge is -2.13. The second-order valence-electron chi connectivity index (χ2n) is 4.17. The van der Waals surface area contributed by atoms with E-state index in [0.29, 0.717) is 16.5 Å². The number of fused-ring (bicyclic) bond motifs is 1. The van der Waals surface area contributed by atoms with Gasteiger partial charge >= 0.3 is 0 Å². The first-order chi connectivity index (χ1) is 7.99. The van der Waals surface area contributed by atoms with Crippen molar-refractivity contribution < 1.29 is 9.18 Å². The minimum atomic E-state index is -0.365. The first-order valence-electron chi connectivity index (χ1n) is 5.27. The van der Waals surface area contributed by atoms with Gasteiger partial charge in [-0.2, -0.15) is 0 Å². The second-order valence-corrected chi connectivity index (χ2v) is 4.17. The standard InChI is InChI=1S/C13H13FN2O/c1-8-6-11(13(17)16(2)3)10-7-9(14)4-5-12(10)15-8/h4-7H,1-3H3. The molecule has 0 atom stereocenters. The summed E-state index contributed by atoms with van der Waals surface area (Å²) in [5.41, 5.74) is 1.86. The largest absolute Gasteiger partial charge is 0.345 e. The topological polar surface area (TPSA) is 33.2 Å². The number of carbonyl (C=O) groups is 1. The van der Waals surface area contributed by atoms with Crippen LogP contribution in [0.15, 0.2) is 24.3 Å². The molecule has 2 rings (SSSR count). The van der Waals surface area contributed by atoms with Gasteiger partial charge in [0.25, 0.3) is 5.91 Å². The molecule has 17 heavy (non-hydrogen) atoms. The van der Waals surface area contributed by atoms with E-state index in [1.165, 1.54) is 17.0 Å². The van der Waals surface area contributed by atoms with Crippen molar-refractivity contribution in [3.05, 3.63) is 41.3 Å². The fourth-order valence-electron chi connectivity index (χ4n) is 1.75. The van der Waals surface area contributed by atoms with E-state index in [-0.39, 0.29) is 11.7 Å². The van der Waals surface area contributed by atoms with Gasteiger partial charge in [0.1, 0.15) is 5.82 Å². The fourth-order valence-corrected chi connectivity index (χ4v) is 1.75. The highest BCUT2D eigenvalue weighted by atomic mass is 19.1. The Morgan fingerprint density at radius 3 is 2.65 bits per heavy atom. The van der Waals surface area contributed by atoms with Gasteiger partial charge in [-0.1, -0.05) is 0 Å². The Kier molecular flexibility index (Phi) is 2.79. The van der Waals surface area contributed by atoms with Crippen LogP contribution in [0.5, 0.6) is 0 Å². The van der Waals surface area contributed by atoms with Crippen LogP contribution >= 0.6 is 0 Å². The molecule has 0 radical (unpaired) electrons. The lowest BCUT2D eigenvalue weighted by atomic mass is 10.1. The molecule has 0 aliphatic rings. The molecule has 88 valence electrons. The molecule has 1 amide bonds. The van der Waals surface area contributed by atoms with Crippen molar-refractivity contribution in [1.82, 2.24) is 9.88 Å². The van der Waals surface area contributed by atoms with Crippen LogP contribution in [-0.2, 0) is 0 Å². The zero-order valence-electron chi connectivity index (χ0n) is 9.99. The van der Waals surface area contributed by atoms with Crippen molar-refractivity contribution in [2.45, 2.75) is 6.92 Å². The minimum Gasteiger partial charge on any atom is -0.345 e. The van der Waals surface area contributed by atoms with Crippen molar-refractivity contribution in [2.75, 3.05) is 14.1 Å². The van der Waals surface area contributed by atoms with Gasteiger partial charge < -0.3 is 4.90 Å². The molecule has 0 saturated carbocycles. The molecule has 0 aliphatic heterocycles. The van der Waals surface area contributed by atoms with Crippen LogP contribution in [-0.4, -0.2) is 29.9 Å². The molecule has 0 aliphatic carbocycles. The monoisotopic (exact) mass is 232 g/mol. The molecule has 4 heteroatoms. The van der Waals surface area contributed by atoms with Crippen LogP contribution in [0.4, 0.5) is 4.39 Å². The Morgan fingerprint density at radius 2 is 2.00 bits per heavy atom. The van der Waals surface area contributed by atoms with Crippen LogP contribution in [0, 0.1) is 12.7 Å². The molecule has 2 aromatic rings. The number of benzene rings is 1. The zero-order valence-corrected chi connectivity index (χ0v) is 9.99. The quantitative estimate of drug-likeness (QED) is 0.756. The highest BCUT2D eigenvalue weighted by Crippen LogP contribution is 2.20. The molecule has 0 fully saturated rings. The number of pyridine rings is 1. The predicted molar refractivity (Wildman–Crippen MR) is 64.5 cm³/mol. The van der Waals surface area contributed by atoms with Crippen molar-refractivity contribution in [2.24, 2.45) is 0 Å². The summed E-state index contributed by atoms with van der Waals surface area (Å²) in [5.74, 6) is -0.512. The molecular formula is C13H13FN2O. The summed E-state index contributed by atoms with van der Waals surface area (Å²) in [6.45, 7) is 1.81. The number of carbonyl (C=O) groups excluding carboxylic acids is 1. The number of rotatable bonds is 1. The van der Waals surface area contributed by atoms with Crippen LogP contribution in [0.3, 0.4) is 0 Å². The summed E-state index contributed by atoms with van der Waals surface area (Å²) in [5, 5.41) is 0.550. The highest BCUT2D eigenvalue weighted by molar-refractivity contribution is 6.06. The molecule has 1 heterocycles. The number of hydrogen-bond donors (Lipinski definition) is 0. The second kappa shape index (κ2) is 4.13. The van der Waals surface area contributed by atoms with Gasteiger partial charge in [0.15, 0.2) is 0 Å². The Bertz CT molecular complexity index is 593. The third-order valence-electron chi connectivity index (χ3n) is 2.54. The molecule has 0 bridgehead atoms. The summed E-state index contributed by atoms with van der Waals surface area (Å²) in [7, 11) is 3.34. The number of aromatic nitrogens is 1. The predicted octanol–water partition coefficient (Wildman–Crippen LogP) is 2.38. The SMILES string of the molecule is Cc1cc(C(=O)N(C)C)c2cc(F)ccc2n1. The Labute approximate surface area is 98.9 Å². The molecule has 0 N–H and O–H groups in total. The van der Waals surface area contributed by atoms with Crippen molar-refractivity contribution in [3.63, 3.8) is 0 Å². The summed E-state index contributed by atoms with van der Waals surface area (Å²) < 4.78 is 13.2. The van der Waals surface area contributed by atoms with E-state index < -0.39 is 0 Å². The third kappa shape index (κ3) is 2.11. The first kappa shape index (κ1) is 11.5. The summed E-state index contributed by atoms with van der Waals surface area (Å²) in [4.78, 5) is 17.8. The average Bonchev–Trinajstić information content (AvgIpc) is 2.27. The van der Waals surface area contributed by atoms with E-state index in [4.69, 9.17) is 0 Å². The van der Waals surface area contributed by atoms with E-state index in [0.717, 1.165) is 5.69 Å². The number of aryl methyl sites for hydroxylation is 1. The Balaban J connectivity index is 2.76. The normalized spacial score (nSPS) is 10.6. The van der Waals surface area contributed by atoms with Crippen LogP contribution in [0.2, 0.25) is 0 Å². The van der Waals surface area contributed by atoms with Gasteiger partial charge in [0.2, 0.25) is 0 Å². The molecule has 3 nitrogen and oxygen atoms in total. The maximum absolute atomic E-state index is 13.2. The molecule has 0 saturated heterocycles. The average molecular weight is 232 g/mol. The maximum Gasteiger partial charge on any atom is 0.254 e. The fraction of sp³-hybridized carbons (Fsp3) is 0.231. The zero-order chi connectivity index (χ0) is 12.6. The lowest BCUT2D eigenvalue weighted by Crippen LogP contribution is -2.22. The summed E-state index contributed by atoms with van der Waals surface area (Å²) >= 11 is 0.